The molecule has 4 rings (SSSR count). The van der Waals surface area contributed by atoms with Crippen molar-refractivity contribution in [2.24, 2.45) is 5.10 Å². The molecule has 0 radical (unpaired) electrons. The highest BCUT2D eigenvalue weighted by molar-refractivity contribution is 9.10. The van der Waals surface area contributed by atoms with E-state index in [4.69, 9.17) is 15.1 Å². The Hall–Kier alpha value is -3.31. The summed E-state index contributed by atoms with van der Waals surface area (Å²) in [5.41, 5.74) is 5.75. The van der Waals surface area contributed by atoms with Gasteiger partial charge in [0.05, 0.1) is 17.1 Å². The Morgan fingerprint density at radius 3 is 1.77 bits per heavy atom. The van der Waals surface area contributed by atoms with Gasteiger partial charge in [0.2, 0.25) is 5.95 Å². The van der Waals surface area contributed by atoms with Gasteiger partial charge in [0.15, 0.2) is 0 Å². The van der Waals surface area contributed by atoms with Gasteiger partial charge in [-0.3, -0.25) is 0 Å². The molecule has 30 heavy (non-hydrogen) atoms. The minimum Gasteiger partial charge on any atom is -0.235 e. The van der Waals surface area contributed by atoms with Crippen molar-refractivity contribution in [2.45, 2.75) is 6.92 Å². The first-order chi connectivity index (χ1) is 14.6. The van der Waals surface area contributed by atoms with Crippen molar-refractivity contribution >= 4 is 27.6 Å². The second kappa shape index (κ2) is 9.01. The van der Waals surface area contributed by atoms with Gasteiger partial charge in [0, 0.05) is 22.6 Å². The zero-order chi connectivity index (χ0) is 20.9. The van der Waals surface area contributed by atoms with Crippen molar-refractivity contribution in [3.63, 3.8) is 0 Å². The molecule has 0 aliphatic heterocycles. The molecule has 0 atom stereocenters. The zero-order valence-electron chi connectivity index (χ0n) is 16.8. The number of nitrogens with zero attached hydrogens (tertiary/aromatic N) is 4. The van der Waals surface area contributed by atoms with E-state index in [-0.39, 0.29) is 0 Å². The van der Waals surface area contributed by atoms with E-state index in [2.05, 4.69) is 40.2 Å². The van der Waals surface area contributed by atoms with E-state index >= 15 is 0 Å². The predicted octanol–water partition coefficient (Wildman–Crippen LogP) is 6.43. The summed E-state index contributed by atoms with van der Waals surface area (Å²) in [7, 11) is 1.88. The van der Waals surface area contributed by atoms with Crippen molar-refractivity contribution in [1.29, 1.82) is 0 Å². The van der Waals surface area contributed by atoms with E-state index in [1.165, 1.54) is 0 Å². The van der Waals surface area contributed by atoms with E-state index in [1.807, 2.05) is 80.7 Å². The van der Waals surface area contributed by atoms with Gasteiger partial charge in [0.25, 0.3) is 0 Å². The maximum atomic E-state index is 4.79. The molecule has 0 spiro atoms. The van der Waals surface area contributed by atoms with Crippen molar-refractivity contribution < 1.29 is 0 Å². The molecule has 1 heterocycles. The Bertz CT molecular complexity index is 1100. The standard InChI is InChI=1S/C25H21BrN4/c1-18(19-13-15-22(26)16-14-19)29-30(2)25-27-23(20-9-5-3-6-10-20)17-24(28-25)21-11-7-4-8-12-21/h3-17H,1-2H3/b29-18+. The Morgan fingerprint density at radius 2 is 1.27 bits per heavy atom. The van der Waals surface area contributed by atoms with Crippen LogP contribution in [0, 0.1) is 0 Å². The molecule has 0 bridgehead atoms. The van der Waals surface area contributed by atoms with E-state index in [1.54, 1.807) is 5.01 Å². The van der Waals surface area contributed by atoms with Crippen LogP contribution in [0.5, 0.6) is 0 Å². The molecule has 4 nitrogen and oxygen atoms in total. The van der Waals surface area contributed by atoms with Crippen LogP contribution >= 0.6 is 15.9 Å². The summed E-state index contributed by atoms with van der Waals surface area (Å²) >= 11 is 3.47. The first-order valence-electron chi connectivity index (χ1n) is 9.65. The lowest BCUT2D eigenvalue weighted by Crippen LogP contribution is -2.16. The number of benzene rings is 3. The molecular weight excluding hydrogens is 436 g/mol. The van der Waals surface area contributed by atoms with Gasteiger partial charge in [-0.2, -0.15) is 5.10 Å². The van der Waals surface area contributed by atoms with Gasteiger partial charge in [0.1, 0.15) is 0 Å². The molecule has 0 N–H and O–H groups in total. The molecule has 0 saturated heterocycles. The molecule has 4 aromatic rings. The highest BCUT2D eigenvalue weighted by Crippen LogP contribution is 2.26. The molecule has 0 aliphatic rings. The number of hydrazone groups is 1. The Balaban J connectivity index is 1.76. The smallest absolute Gasteiger partial charge is 0.235 e. The second-order valence-electron chi connectivity index (χ2n) is 6.89. The molecule has 1 aromatic heterocycles. The van der Waals surface area contributed by atoms with Crippen molar-refractivity contribution in [2.75, 3.05) is 12.1 Å². The minimum atomic E-state index is 0.548. The molecule has 0 aliphatic carbocycles. The van der Waals surface area contributed by atoms with Gasteiger partial charge in [-0.15, -0.1) is 0 Å². The van der Waals surface area contributed by atoms with Crippen molar-refractivity contribution in [1.82, 2.24) is 9.97 Å². The fourth-order valence-corrected chi connectivity index (χ4v) is 3.38. The van der Waals surface area contributed by atoms with E-state index in [0.717, 1.165) is 38.3 Å². The van der Waals surface area contributed by atoms with Crippen LogP contribution in [0.3, 0.4) is 0 Å². The molecule has 0 amide bonds. The van der Waals surface area contributed by atoms with Crippen LogP contribution in [0.2, 0.25) is 0 Å². The highest BCUT2D eigenvalue weighted by Gasteiger charge is 2.12. The summed E-state index contributed by atoms with van der Waals surface area (Å²) in [6.07, 6.45) is 0. The lowest BCUT2D eigenvalue weighted by atomic mass is 10.1. The maximum Gasteiger partial charge on any atom is 0.247 e. The van der Waals surface area contributed by atoms with Crippen LogP contribution in [-0.4, -0.2) is 22.7 Å². The average molecular weight is 457 g/mol. The summed E-state index contributed by atoms with van der Waals surface area (Å²) < 4.78 is 1.04. The highest BCUT2D eigenvalue weighted by atomic mass is 79.9. The van der Waals surface area contributed by atoms with Crippen LogP contribution in [-0.2, 0) is 0 Å². The molecule has 3 aromatic carbocycles. The molecule has 0 saturated carbocycles. The summed E-state index contributed by atoms with van der Waals surface area (Å²) in [5.74, 6) is 0.548. The number of hydrogen-bond donors (Lipinski definition) is 0. The van der Waals surface area contributed by atoms with Crippen LogP contribution in [0.15, 0.2) is 101 Å². The topological polar surface area (TPSA) is 41.4 Å². The van der Waals surface area contributed by atoms with Gasteiger partial charge >= 0.3 is 0 Å². The third kappa shape index (κ3) is 4.63. The maximum absolute atomic E-state index is 4.79. The van der Waals surface area contributed by atoms with Gasteiger partial charge in [-0.1, -0.05) is 88.7 Å². The summed E-state index contributed by atoms with van der Waals surface area (Å²) in [6, 6.07) is 30.4. The van der Waals surface area contributed by atoms with E-state index < -0.39 is 0 Å². The summed E-state index contributed by atoms with van der Waals surface area (Å²) in [6.45, 7) is 1.99. The number of aromatic nitrogens is 2. The Morgan fingerprint density at radius 1 is 0.767 bits per heavy atom. The largest absolute Gasteiger partial charge is 0.247 e. The van der Waals surface area contributed by atoms with Gasteiger partial charge < -0.3 is 0 Å². The normalized spacial score (nSPS) is 11.4. The molecule has 5 heteroatoms. The SMILES string of the molecule is C/C(=N\N(C)c1nc(-c2ccccc2)cc(-c2ccccc2)n1)c1ccc(Br)cc1. The third-order valence-corrected chi connectivity index (χ3v) is 5.23. The van der Waals surface area contributed by atoms with Crippen LogP contribution in [0.4, 0.5) is 5.95 Å². The molecule has 148 valence electrons. The zero-order valence-corrected chi connectivity index (χ0v) is 18.4. The third-order valence-electron chi connectivity index (χ3n) is 4.70. The summed E-state index contributed by atoms with van der Waals surface area (Å²) in [4.78, 5) is 9.58. The number of halogens is 1. The van der Waals surface area contributed by atoms with Crippen molar-refractivity contribution in [3.8, 4) is 22.5 Å². The molecule has 0 unspecified atom stereocenters. The van der Waals surface area contributed by atoms with Gasteiger partial charge in [-0.05, 0) is 30.7 Å². The van der Waals surface area contributed by atoms with Crippen molar-refractivity contribution in [3.05, 3.63) is 101 Å². The summed E-state index contributed by atoms with van der Waals surface area (Å²) in [5, 5.41) is 6.46. The Kier molecular flexibility index (Phi) is 6.00. The van der Waals surface area contributed by atoms with Gasteiger partial charge in [-0.25, -0.2) is 15.0 Å². The number of hydrogen-bond acceptors (Lipinski definition) is 4. The fourth-order valence-electron chi connectivity index (χ4n) is 3.11. The number of rotatable bonds is 5. The quantitative estimate of drug-likeness (QED) is 0.256. The lowest BCUT2D eigenvalue weighted by molar-refractivity contribution is 0.932. The van der Waals surface area contributed by atoms with E-state index in [0.29, 0.717) is 5.95 Å². The average Bonchev–Trinajstić information content (AvgIpc) is 2.80. The number of anilines is 1. The first-order valence-corrected chi connectivity index (χ1v) is 10.4. The van der Waals surface area contributed by atoms with Crippen LogP contribution < -0.4 is 5.01 Å². The second-order valence-corrected chi connectivity index (χ2v) is 7.80. The monoisotopic (exact) mass is 456 g/mol. The fraction of sp³-hybridized carbons (Fsp3) is 0.0800. The first kappa shape index (κ1) is 20.0. The molecule has 0 fully saturated rings. The van der Waals surface area contributed by atoms with Crippen LogP contribution in [0.25, 0.3) is 22.5 Å². The predicted molar refractivity (Wildman–Crippen MR) is 128 cm³/mol. The molecular formula is C25H21BrN4. The van der Waals surface area contributed by atoms with E-state index in [9.17, 15) is 0 Å². The Labute approximate surface area is 185 Å². The van der Waals surface area contributed by atoms with Crippen LogP contribution in [0.1, 0.15) is 12.5 Å². The minimum absolute atomic E-state index is 0.548. The lowest BCUT2D eigenvalue weighted by Gasteiger charge is -2.15.